The minimum atomic E-state index is -3.86. The van der Waals surface area contributed by atoms with E-state index in [1.807, 2.05) is 32.3 Å². The molecule has 0 amide bonds. The number of fused-ring (bicyclic) bond motifs is 3. The van der Waals surface area contributed by atoms with Crippen LogP contribution in [-0.2, 0) is 14.8 Å². The summed E-state index contributed by atoms with van der Waals surface area (Å²) >= 11 is 0. The number of ether oxygens (including phenoxy) is 1. The Morgan fingerprint density at radius 3 is 2.36 bits per heavy atom. The summed E-state index contributed by atoms with van der Waals surface area (Å²) in [6, 6.07) is 12.1. The van der Waals surface area contributed by atoms with Crippen molar-refractivity contribution in [3.8, 4) is 6.07 Å². The number of carbonyl (C=O) groups excluding carboxylic acids is 1. The summed E-state index contributed by atoms with van der Waals surface area (Å²) in [5.41, 5.74) is 1.45. The van der Waals surface area contributed by atoms with Crippen molar-refractivity contribution < 1.29 is 17.9 Å². The molecule has 39 heavy (non-hydrogen) atoms. The second-order valence-corrected chi connectivity index (χ2v) is 10.5. The smallest absolute Gasteiger partial charge is 0.374 e. The molecule has 1 aliphatic rings. The first-order chi connectivity index (χ1) is 19.0. The zero-order valence-corrected chi connectivity index (χ0v) is 24.1. The molecule has 0 radical (unpaired) electrons. The normalized spacial score (nSPS) is 16.9. The Bertz CT molecular complexity index is 1540. The van der Waals surface area contributed by atoms with E-state index < -0.39 is 16.0 Å². The Morgan fingerprint density at radius 1 is 1.08 bits per heavy atom. The minimum Gasteiger partial charge on any atom is -0.460 e. The van der Waals surface area contributed by atoms with Crippen LogP contribution < -0.4 is 0 Å². The van der Waals surface area contributed by atoms with Crippen LogP contribution in [0.4, 0.5) is 0 Å². The van der Waals surface area contributed by atoms with E-state index in [0.29, 0.717) is 28.8 Å². The molecule has 0 bridgehead atoms. The third kappa shape index (κ3) is 5.83. The summed E-state index contributed by atoms with van der Waals surface area (Å²) in [4.78, 5) is 22.0. The number of hydrogen-bond acceptors (Lipinski definition) is 7. The van der Waals surface area contributed by atoms with Gasteiger partial charge in [0.2, 0.25) is 5.82 Å². The summed E-state index contributed by atoms with van der Waals surface area (Å²) in [6.45, 7) is 9.96. The molecule has 1 aliphatic carbocycles. The lowest BCUT2D eigenvalue weighted by molar-refractivity contribution is 0.0502. The van der Waals surface area contributed by atoms with Gasteiger partial charge in [0.15, 0.2) is 5.65 Å². The van der Waals surface area contributed by atoms with Crippen molar-refractivity contribution in [2.75, 3.05) is 6.61 Å². The van der Waals surface area contributed by atoms with Crippen molar-refractivity contribution in [2.45, 2.75) is 77.7 Å². The summed E-state index contributed by atoms with van der Waals surface area (Å²) in [7, 11) is -3.86. The SMILES string of the molecule is CC.CC.CCOC(=O)c1nc2cnc3c(ccn3S(=O)(=O)c3ccccc3)c2n1C1CCC(CC#N)CC1. The molecule has 3 heterocycles. The lowest BCUT2D eigenvalue weighted by atomic mass is 9.84. The van der Waals surface area contributed by atoms with Crippen molar-refractivity contribution >= 4 is 38.1 Å². The summed E-state index contributed by atoms with van der Waals surface area (Å²) < 4.78 is 35.0. The van der Waals surface area contributed by atoms with Crippen molar-refractivity contribution in [1.82, 2.24) is 18.5 Å². The molecule has 5 rings (SSSR count). The van der Waals surface area contributed by atoms with Crippen molar-refractivity contribution in [3.63, 3.8) is 0 Å². The van der Waals surface area contributed by atoms with Crippen LogP contribution in [-0.4, -0.2) is 39.5 Å². The number of pyridine rings is 1. The van der Waals surface area contributed by atoms with E-state index in [4.69, 9.17) is 10.00 Å². The second kappa shape index (κ2) is 13.4. The van der Waals surface area contributed by atoms with Gasteiger partial charge < -0.3 is 9.30 Å². The fraction of sp³-hybridized carbons (Fsp3) is 0.448. The third-order valence-corrected chi connectivity index (χ3v) is 8.33. The fourth-order valence-corrected chi connectivity index (χ4v) is 6.30. The topological polar surface area (TPSA) is 120 Å². The van der Waals surface area contributed by atoms with E-state index in [0.717, 1.165) is 25.7 Å². The van der Waals surface area contributed by atoms with Gasteiger partial charge in [-0.2, -0.15) is 5.26 Å². The highest BCUT2D eigenvalue weighted by Gasteiger charge is 2.30. The maximum atomic E-state index is 13.3. The average Bonchev–Trinajstić information content (AvgIpc) is 3.59. The maximum absolute atomic E-state index is 13.3. The molecule has 0 saturated heterocycles. The van der Waals surface area contributed by atoms with Gasteiger partial charge in [0.1, 0.15) is 5.52 Å². The van der Waals surface area contributed by atoms with Crippen LogP contribution >= 0.6 is 0 Å². The molecule has 0 aliphatic heterocycles. The number of aromatic nitrogens is 4. The Morgan fingerprint density at radius 2 is 1.74 bits per heavy atom. The molecule has 9 nitrogen and oxygen atoms in total. The number of nitrogens with zero attached hydrogens (tertiary/aromatic N) is 5. The van der Waals surface area contributed by atoms with E-state index >= 15 is 0 Å². The third-order valence-electron chi connectivity index (χ3n) is 6.65. The fourth-order valence-electron chi connectivity index (χ4n) is 4.98. The monoisotopic (exact) mass is 551 g/mol. The number of hydrogen-bond donors (Lipinski definition) is 0. The quantitative estimate of drug-likeness (QED) is 0.251. The van der Waals surface area contributed by atoms with Crippen LogP contribution in [0.2, 0.25) is 0 Å². The van der Waals surface area contributed by atoms with Gasteiger partial charge in [-0.25, -0.2) is 27.2 Å². The van der Waals surface area contributed by atoms with E-state index in [2.05, 4.69) is 16.0 Å². The Hall–Kier alpha value is -3.71. The summed E-state index contributed by atoms with van der Waals surface area (Å²) in [5.74, 6) is 0.0155. The highest BCUT2D eigenvalue weighted by molar-refractivity contribution is 7.90. The molecule has 0 unspecified atom stereocenters. The molecular weight excluding hydrogens is 514 g/mol. The largest absolute Gasteiger partial charge is 0.460 e. The predicted octanol–water partition coefficient (Wildman–Crippen LogP) is 6.50. The summed E-state index contributed by atoms with van der Waals surface area (Å²) in [5, 5.41) is 9.67. The number of carbonyl (C=O) groups is 1. The standard InChI is InChI=1S/C25H25N5O4S.2C2H6/c1-2-34-25(31)24-28-21-16-27-23-20(13-15-29(23)35(32,33)19-6-4-3-5-7-19)22(21)30(24)18-10-8-17(9-11-18)12-14-26;2*1-2/h3-7,13,15-18H,2,8-12H2,1H3;2*1-2H3. The molecule has 0 N–H and O–H groups in total. The lowest BCUT2D eigenvalue weighted by Crippen LogP contribution is -2.22. The van der Waals surface area contributed by atoms with E-state index in [9.17, 15) is 13.2 Å². The van der Waals surface area contributed by atoms with Crippen molar-refractivity contribution in [3.05, 3.63) is 54.6 Å². The molecular formula is C29H37N5O4S. The van der Waals surface area contributed by atoms with Crippen molar-refractivity contribution in [1.29, 1.82) is 5.26 Å². The van der Waals surface area contributed by atoms with Crippen molar-refractivity contribution in [2.24, 2.45) is 5.92 Å². The van der Waals surface area contributed by atoms with Gasteiger partial charge in [-0.15, -0.1) is 0 Å². The lowest BCUT2D eigenvalue weighted by Gasteiger charge is -2.29. The zero-order chi connectivity index (χ0) is 28.6. The Balaban J connectivity index is 0.00000100. The Labute approximate surface area is 230 Å². The van der Waals surface area contributed by atoms with Gasteiger partial charge in [-0.3, -0.25) is 0 Å². The number of nitriles is 1. The van der Waals surface area contributed by atoms with Gasteiger partial charge in [0, 0.05) is 24.0 Å². The first-order valence-electron chi connectivity index (χ1n) is 13.7. The second-order valence-electron chi connectivity index (χ2n) is 8.72. The molecule has 0 atom stereocenters. The van der Waals surface area contributed by atoms with Crippen LogP contribution in [0.5, 0.6) is 0 Å². The molecule has 4 aromatic rings. The molecule has 208 valence electrons. The molecule has 3 aromatic heterocycles. The van der Waals surface area contributed by atoms with Crippen LogP contribution in [0, 0.1) is 17.2 Å². The van der Waals surface area contributed by atoms with Gasteiger partial charge in [-0.1, -0.05) is 45.9 Å². The number of imidazole rings is 1. The number of benzene rings is 1. The molecule has 1 saturated carbocycles. The number of esters is 1. The highest BCUT2D eigenvalue weighted by Crippen LogP contribution is 2.38. The van der Waals surface area contributed by atoms with Gasteiger partial charge in [0.25, 0.3) is 10.0 Å². The summed E-state index contributed by atoms with van der Waals surface area (Å²) in [6.07, 6.45) is 6.85. The minimum absolute atomic E-state index is 0.0194. The average molecular weight is 552 g/mol. The van der Waals surface area contributed by atoms with E-state index in [1.165, 1.54) is 16.4 Å². The van der Waals surface area contributed by atoms with E-state index in [1.54, 1.807) is 43.3 Å². The Kier molecular flexibility index (Phi) is 10.2. The van der Waals surface area contributed by atoms with Crippen LogP contribution in [0.15, 0.2) is 53.7 Å². The zero-order valence-electron chi connectivity index (χ0n) is 23.3. The van der Waals surface area contributed by atoms with Gasteiger partial charge >= 0.3 is 5.97 Å². The van der Waals surface area contributed by atoms with E-state index in [-0.39, 0.29) is 29.0 Å². The first-order valence-corrected chi connectivity index (χ1v) is 15.1. The van der Waals surface area contributed by atoms with Crippen LogP contribution in [0.25, 0.3) is 22.1 Å². The molecule has 0 spiro atoms. The van der Waals surface area contributed by atoms with Gasteiger partial charge in [-0.05, 0) is 56.7 Å². The van der Waals surface area contributed by atoms with Crippen LogP contribution in [0.3, 0.4) is 0 Å². The molecule has 10 heteroatoms. The maximum Gasteiger partial charge on any atom is 0.374 e. The molecule has 1 aromatic carbocycles. The van der Waals surface area contributed by atoms with Gasteiger partial charge in [0.05, 0.1) is 29.3 Å². The highest BCUT2D eigenvalue weighted by atomic mass is 32.2. The van der Waals surface area contributed by atoms with Crippen LogP contribution in [0.1, 0.15) is 83.4 Å². The predicted molar refractivity (Wildman–Crippen MR) is 152 cm³/mol. The first kappa shape index (κ1) is 29.8. The number of rotatable bonds is 6. The molecule has 1 fully saturated rings.